The van der Waals surface area contributed by atoms with Gasteiger partial charge in [0.1, 0.15) is 6.29 Å². The summed E-state index contributed by atoms with van der Waals surface area (Å²) >= 11 is 0. The smallest absolute Gasteiger partial charge is 0.293 e. The molecule has 0 saturated heterocycles. The summed E-state index contributed by atoms with van der Waals surface area (Å²) in [7, 11) is 3.31. The molecule has 0 radical (unpaired) electrons. The molecule has 0 aliphatic heterocycles. The Morgan fingerprint density at radius 2 is 1.11 bits per heavy atom. The van der Waals surface area contributed by atoms with Gasteiger partial charge < -0.3 is 40.6 Å². The number of anilines is 6. The molecule has 0 fully saturated rings. The predicted molar refractivity (Wildman–Crippen MR) is 319 cm³/mol. The van der Waals surface area contributed by atoms with Crippen LogP contribution in [-0.2, 0) is 31.5 Å². The van der Waals surface area contributed by atoms with Gasteiger partial charge in [-0.25, -0.2) is 9.97 Å². The number of carbonyl (C=O) groups excluding carboxylic acids is 3. The Morgan fingerprint density at radius 3 is 1.60 bits per heavy atom. The summed E-state index contributed by atoms with van der Waals surface area (Å²) in [4.78, 5) is 78.9. The van der Waals surface area contributed by atoms with Crippen LogP contribution in [0.3, 0.4) is 0 Å². The minimum Gasteiger partial charge on any atom is -0.395 e. The number of amides is 2. The third-order valence-corrected chi connectivity index (χ3v) is 14.1. The summed E-state index contributed by atoms with van der Waals surface area (Å²) < 4.78 is 2.91. The third kappa shape index (κ3) is 13.0. The SMILES string of the molecule is Cc1c(NC(=O)c2ccc(C(C)(C)C)c(-c3cc(C(C)(C)C)ccc3C(=O)Nc3cccc(-c4cn(C)c(=O)c(Nc5ccc(C=O)cc5)n4)c3C)c2)cccc1-c1cn(C)c(=O)c(Nc2ccc(CN(CCO)CCO)cc2)n1. The molecule has 0 aliphatic carbocycles. The molecule has 8 rings (SSSR count). The number of benzene rings is 6. The van der Waals surface area contributed by atoms with Crippen molar-refractivity contribution in [1.29, 1.82) is 0 Å². The number of hydrogen-bond donors (Lipinski definition) is 6. The van der Waals surface area contributed by atoms with E-state index in [1.165, 1.54) is 9.13 Å². The van der Waals surface area contributed by atoms with E-state index in [2.05, 4.69) is 62.8 Å². The maximum absolute atomic E-state index is 14.9. The molecule has 0 bridgehead atoms. The molecule has 2 amide bonds. The number of nitrogens with zero attached hydrogens (tertiary/aromatic N) is 5. The summed E-state index contributed by atoms with van der Waals surface area (Å²) in [6.45, 7) is 17.8. The molecule has 0 saturated carbocycles. The molecule has 0 spiro atoms. The lowest BCUT2D eigenvalue weighted by Gasteiger charge is -2.27. The van der Waals surface area contributed by atoms with E-state index >= 15 is 0 Å². The van der Waals surface area contributed by atoms with Crippen LogP contribution in [0.2, 0.25) is 0 Å². The van der Waals surface area contributed by atoms with Crippen molar-refractivity contribution in [3.05, 3.63) is 199 Å². The lowest BCUT2D eigenvalue weighted by Crippen LogP contribution is -2.29. The van der Waals surface area contributed by atoms with E-state index in [-0.39, 0.29) is 53.2 Å². The van der Waals surface area contributed by atoms with Crippen LogP contribution in [0.25, 0.3) is 33.6 Å². The largest absolute Gasteiger partial charge is 0.395 e. The molecule has 0 aliphatic rings. The van der Waals surface area contributed by atoms with Crippen molar-refractivity contribution < 1.29 is 24.6 Å². The van der Waals surface area contributed by atoms with Gasteiger partial charge >= 0.3 is 0 Å². The van der Waals surface area contributed by atoms with Crippen LogP contribution in [0.1, 0.15) is 100 Å². The van der Waals surface area contributed by atoms with Crippen molar-refractivity contribution in [1.82, 2.24) is 24.0 Å². The zero-order valence-electron chi connectivity index (χ0n) is 47.0. The molecular formula is C64H69N9O7. The Morgan fingerprint density at radius 1 is 0.600 bits per heavy atom. The van der Waals surface area contributed by atoms with Crippen molar-refractivity contribution in [2.75, 3.05) is 47.6 Å². The summed E-state index contributed by atoms with van der Waals surface area (Å²) in [5, 5.41) is 31.5. The van der Waals surface area contributed by atoms with Crippen LogP contribution in [0.15, 0.2) is 143 Å². The van der Waals surface area contributed by atoms with Crippen LogP contribution in [0.4, 0.5) is 34.4 Å². The van der Waals surface area contributed by atoms with Crippen molar-refractivity contribution in [2.45, 2.75) is 72.8 Å². The third-order valence-electron chi connectivity index (χ3n) is 14.1. The number of hydrogen-bond acceptors (Lipinski definition) is 12. The Bertz CT molecular complexity index is 3730. The molecule has 0 unspecified atom stereocenters. The van der Waals surface area contributed by atoms with Gasteiger partial charge in [0.05, 0.1) is 24.6 Å². The summed E-state index contributed by atoms with van der Waals surface area (Å²) in [5.41, 5.74) is 10.4. The van der Waals surface area contributed by atoms with E-state index in [0.717, 1.165) is 39.7 Å². The van der Waals surface area contributed by atoms with Crippen LogP contribution in [0, 0.1) is 13.8 Å². The van der Waals surface area contributed by atoms with Gasteiger partial charge in [-0.3, -0.25) is 28.9 Å². The minimum absolute atomic E-state index is 0.0180. The number of aromatic nitrogens is 4. The normalized spacial score (nSPS) is 11.6. The first-order valence-electron chi connectivity index (χ1n) is 26.5. The highest BCUT2D eigenvalue weighted by Gasteiger charge is 2.27. The van der Waals surface area contributed by atoms with Crippen LogP contribution in [0.5, 0.6) is 0 Å². The number of rotatable bonds is 18. The van der Waals surface area contributed by atoms with Gasteiger partial charge in [0.2, 0.25) is 0 Å². The molecule has 16 heteroatoms. The molecule has 412 valence electrons. The van der Waals surface area contributed by atoms with Crippen molar-refractivity contribution in [2.24, 2.45) is 14.1 Å². The van der Waals surface area contributed by atoms with E-state index in [0.29, 0.717) is 87.2 Å². The Hall–Kier alpha value is -8.83. The summed E-state index contributed by atoms with van der Waals surface area (Å²) in [6.07, 6.45) is 4.06. The fraction of sp³-hybridized carbons (Fsp3) is 0.266. The van der Waals surface area contributed by atoms with Gasteiger partial charge in [0.15, 0.2) is 11.6 Å². The topological polar surface area (TPSA) is 213 Å². The van der Waals surface area contributed by atoms with E-state index in [1.54, 1.807) is 56.8 Å². The summed E-state index contributed by atoms with van der Waals surface area (Å²) in [6, 6.07) is 36.8. The Labute approximate surface area is 466 Å². The number of aryl methyl sites for hydroxylation is 2. The minimum atomic E-state index is -0.412. The molecule has 0 atom stereocenters. The molecule has 2 heterocycles. The zero-order chi connectivity index (χ0) is 57.6. The summed E-state index contributed by atoms with van der Waals surface area (Å²) in [5.74, 6) is -0.516. The van der Waals surface area contributed by atoms with Crippen molar-refractivity contribution >= 4 is 52.5 Å². The maximum atomic E-state index is 14.9. The first-order valence-corrected chi connectivity index (χ1v) is 26.5. The quantitative estimate of drug-likeness (QED) is 0.0443. The van der Waals surface area contributed by atoms with E-state index in [9.17, 15) is 34.2 Å². The molecule has 2 aromatic heterocycles. The number of carbonyl (C=O) groups is 3. The van der Waals surface area contributed by atoms with Crippen LogP contribution >= 0.6 is 0 Å². The highest BCUT2D eigenvalue weighted by Crippen LogP contribution is 2.39. The Balaban J connectivity index is 1.09. The second-order valence-corrected chi connectivity index (χ2v) is 22.1. The first kappa shape index (κ1) is 57.3. The predicted octanol–water partition coefficient (Wildman–Crippen LogP) is 10.7. The highest BCUT2D eigenvalue weighted by atomic mass is 16.3. The standard InChI is InChI=1S/C64H69N9O7/c1-39-47(55-36-71(9)61(79)57(67-55)65-45-23-17-41(18-24-45)35-73(29-31-74)30-32-75)13-11-15-53(39)69-59(77)43-21-28-52(64(6,7)8)51(33-43)50-34-44(63(3,4)5)22-27-49(50)60(78)70-54-16-12-14-48(40(54)2)56-37-72(10)62(80)58(68-56)66-46-25-19-42(38-76)20-26-46/h11-28,33-34,36-38,74-75H,29-32,35H2,1-10H3,(H,65,67)(H,66,68)(H,69,77)(H,70,78). The number of aliphatic hydroxyl groups is 2. The fourth-order valence-corrected chi connectivity index (χ4v) is 9.53. The van der Waals surface area contributed by atoms with Gasteiger partial charge in [0, 0.05) is 96.7 Å². The van der Waals surface area contributed by atoms with Gasteiger partial charge in [-0.1, -0.05) is 90.1 Å². The molecule has 6 N–H and O–H groups in total. The second kappa shape index (κ2) is 24.0. The van der Waals surface area contributed by atoms with Crippen LogP contribution < -0.4 is 32.4 Å². The molecule has 16 nitrogen and oxygen atoms in total. The average Bonchev–Trinajstić information content (AvgIpc) is 3.55. The van der Waals surface area contributed by atoms with E-state index in [1.807, 2.05) is 110 Å². The van der Waals surface area contributed by atoms with E-state index in [4.69, 9.17) is 9.97 Å². The molecule has 6 aromatic carbocycles. The molecule has 80 heavy (non-hydrogen) atoms. The van der Waals surface area contributed by atoms with E-state index < -0.39 is 5.41 Å². The molecular weight excluding hydrogens is 1010 g/mol. The zero-order valence-corrected chi connectivity index (χ0v) is 47.0. The van der Waals surface area contributed by atoms with Crippen molar-refractivity contribution in [3.8, 4) is 33.6 Å². The Kier molecular flexibility index (Phi) is 17.2. The highest BCUT2D eigenvalue weighted by molar-refractivity contribution is 6.11. The monoisotopic (exact) mass is 1080 g/mol. The first-order chi connectivity index (χ1) is 38.1. The molecule has 8 aromatic rings. The maximum Gasteiger partial charge on any atom is 0.293 e. The number of nitrogens with one attached hydrogen (secondary N) is 4. The van der Waals surface area contributed by atoms with Crippen LogP contribution in [-0.4, -0.2) is 78.6 Å². The van der Waals surface area contributed by atoms with Crippen molar-refractivity contribution in [3.63, 3.8) is 0 Å². The fourth-order valence-electron chi connectivity index (χ4n) is 9.53. The lowest BCUT2D eigenvalue weighted by molar-refractivity contribution is 0.101. The average molecular weight is 1080 g/mol. The second-order valence-electron chi connectivity index (χ2n) is 22.1. The van der Waals surface area contributed by atoms with Gasteiger partial charge in [-0.15, -0.1) is 0 Å². The van der Waals surface area contributed by atoms with Gasteiger partial charge in [0.25, 0.3) is 22.9 Å². The number of aliphatic hydroxyl groups excluding tert-OH is 2. The lowest BCUT2D eigenvalue weighted by atomic mass is 9.78. The van der Waals surface area contributed by atoms with Gasteiger partial charge in [-0.05, 0) is 136 Å². The van der Waals surface area contributed by atoms with Gasteiger partial charge in [-0.2, -0.15) is 0 Å². The number of aldehydes is 1.